The highest BCUT2D eigenvalue weighted by Crippen LogP contribution is 2.31. The van der Waals surface area contributed by atoms with Gasteiger partial charge in [0, 0.05) is 25.2 Å². The van der Waals surface area contributed by atoms with E-state index in [4.69, 9.17) is 21.1 Å². The Hall–Kier alpha value is -2.79. The van der Waals surface area contributed by atoms with E-state index in [1.165, 1.54) is 13.2 Å². The topological polar surface area (TPSA) is 71.3 Å². The van der Waals surface area contributed by atoms with Gasteiger partial charge in [-0.15, -0.1) is 0 Å². The Kier molecular flexibility index (Phi) is 8.34. The van der Waals surface area contributed by atoms with Gasteiger partial charge in [0.15, 0.2) is 11.5 Å². The molecule has 0 saturated carbocycles. The SMILES string of the molecule is COc1cc(/C=C(/C#N)C(=O)Nc2cccc(Cl)c2)ccc1OCc1ccc(Br)cc1Br. The van der Waals surface area contributed by atoms with Crippen molar-refractivity contribution < 1.29 is 14.3 Å². The van der Waals surface area contributed by atoms with E-state index in [0.717, 1.165) is 14.5 Å². The Labute approximate surface area is 207 Å². The van der Waals surface area contributed by atoms with Crippen molar-refractivity contribution >= 4 is 61.1 Å². The fraction of sp³-hybridized carbons (Fsp3) is 0.0833. The lowest BCUT2D eigenvalue weighted by Gasteiger charge is -2.12. The van der Waals surface area contributed by atoms with Crippen LogP contribution in [0.1, 0.15) is 11.1 Å². The van der Waals surface area contributed by atoms with Crippen LogP contribution in [0.5, 0.6) is 11.5 Å². The van der Waals surface area contributed by atoms with Crippen LogP contribution >= 0.6 is 43.5 Å². The van der Waals surface area contributed by atoms with E-state index in [1.54, 1.807) is 42.5 Å². The van der Waals surface area contributed by atoms with Crippen molar-refractivity contribution in [1.82, 2.24) is 0 Å². The van der Waals surface area contributed by atoms with Gasteiger partial charge < -0.3 is 14.8 Å². The molecule has 0 heterocycles. The lowest BCUT2D eigenvalue weighted by Crippen LogP contribution is -2.13. The summed E-state index contributed by atoms with van der Waals surface area (Å²) in [7, 11) is 1.53. The molecule has 0 bridgehead atoms. The number of nitrogens with zero attached hydrogens (tertiary/aromatic N) is 1. The number of ether oxygens (including phenoxy) is 2. The van der Waals surface area contributed by atoms with Gasteiger partial charge in [0.05, 0.1) is 7.11 Å². The van der Waals surface area contributed by atoms with Crippen molar-refractivity contribution in [2.45, 2.75) is 6.61 Å². The summed E-state index contributed by atoms with van der Waals surface area (Å²) >= 11 is 12.9. The van der Waals surface area contributed by atoms with Gasteiger partial charge in [-0.1, -0.05) is 61.7 Å². The number of carbonyl (C=O) groups is 1. The first-order valence-electron chi connectivity index (χ1n) is 9.33. The number of methoxy groups -OCH3 is 1. The lowest BCUT2D eigenvalue weighted by molar-refractivity contribution is -0.112. The molecule has 0 aromatic heterocycles. The summed E-state index contributed by atoms with van der Waals surface area (Å²) < 4.78 is 13.2. The Morgan fingerprint density at radius 1 is 1.12 bits per heavy atom. The molecule has 8 heteroatoms. The van der Waals surface area contributed by atoms with Crippen LogP contribution in [0.2, 0.25) is 5.02 Å². The predicted octanol–water partition coefficient (Wildman–Crippen LogP) is 7.00. The van der Waals surface area contributed by atoms with E-state index in [1.807, 2.05) is 24.3 Å². The van der Waals surface area contributed by atoms with Crippen molar-refractivity contribution in [3.05, 3.63) is 91.3 Å². The minimum Gasteiger partial charge on any atom is -0.493 e. The zero-order valence-corrected chi connectivity index (χ0v) is 20.8. The van der Waals surface area contributed by atoms with Crippen LogP contribution in [-0.4, -0.2) is 13.0 Å². The maximum Gasteiger partial charge on any atom is 0.266 e. The highest BCUT2D eigenvalue weighted by atomic mass is 79.9. The first kappa shape index (κ1) is 23.9. The number of benzene rings is 3. The second kappa shape index (κ2) is 11.2. The van der Waals surface area contributed by atoms with E-state index < -0.39 is 5.91 Å². The molecule has 32 heavy (non-hydrogen) atoms. The molecule has 5 nitrogen and oxygen atoms in total. The normalized spacial score (nSPS) is 10.9. The molecule has 3 aromatic rings. The zero-order valence-electron chi connectivity index (χ0n) is 16.9. The summed E-state index contributed by atoms with van der Waals surface area (Å²) in [5.41, 5.74) is 2.05. The minimum atomic E-state index is -0.533. The monoisotopic (exact) mass is 574 g/mol. The molecule has 0 saturated heterocycles. The molecule has 0 aliphatic carbocycles. The van der Waals surface area contributed by atoms with Gasteiger partial charge >= 0.3 is 0 Å². The molecule has 0 unspecified atom stereocenters. The number of rotatable bonds is 7. The van der Waals surface area contributed by atoms with Gasteiger partial charge in [-0.25, -0.2) is 0 Å². The third kappa shape index (κ3) is 6.36. The Bertz CT molecular complexity index is 1220. The maximum atomic E-state index is 12.5. The van der Waals surface area contributed by atoms with Crippen molar-refractivity contribution in [2.24, 2.45) is 0 Å². The molecule has 3 aromatic carbocycles. The van der Waals surface area contributed by atoms with E-state index >= 15 is 0 Å². The summed E-state index contributed by atoms with van der Waals surface area (Å²) in [5.74, 6) is 0.495. The molecule has 3 rings (SSSR count). The van der Waals surface area contributed by atoms with Crippen LogP contribution in [0.4, 0.5) is 5.69 Å². The Morgan fingerprint density at radius 3 is 2.62 bits per heavy atom. The smallest absolute Gasteiger partial charge is 0.266 e. The van der Waals surface area contributed by atoms with Gasteiger partial charge in [-0.05, 0) is 54.1 Å². The van der Waals surface area contributed by atoms with Gasteiger partial charge in [-0.3, -0.25) is 4.79 Å². The first-order valence-corrected chi connectivity index (χ1v) is 11.3. The number of amides is 1. The summed E-state index contributed by atoms with van der Waals surface area (Å²) in [5, 5.41) is 12.6. The van der Waals surface area contributed by atoms with E-state index in [2.05, 4.69) is 37.2 Å². The quantitative estimate of drug-likeness (QED) is 0.243. The molecule has 0 spiro atoms. The summed E-state index contributed by atoms with van der Waals surface area (Å²) in [6, 6.07) is 19.7. The van der Waals surface area contributed by atoms with Crippen molar-refractivity contribution in [3.63, 3.8) is 0 Å². The highest BCUT2D eigenvalue weighted by Gasteiger charge is 2.12. The largest absolute Gasteiger partial charge is 0.493 e. The summed E-state index contributed by atoms with van der Waals surface area (Å²) in [4.78, 5) is 12.5. The highest BCUT2D eigenvalue weighted by molar-refractivity contribution is 9.11. The third-order valence-electron chi connectivity index (χ3n) is 4.34. The molecule has 1 N–H and O–H groups in total. The van der Waals surface area contributed by atoms with Crippen molar-refractivity contribution in [3.8, 4) is 17.6 Å². The summed E-state index contributed by atoms with van der Waals surface area (Å²) in [6.45, 7) is 0.338. The second-order valence-corrected chi connectivity index (χ2v) is 8.78. The third-order valence-corrected chi connectivity index (χ3v) is 5.81. The molecule has 0 aliphatic heterocycles. The molecule has 0 radical (unpaired) electrons. The molecule has 0 aliphatic rings. The number of halogens is 3. The van der Waals surface area contributed by atoms with Gasteiger partial charge in [0.25, 0.3) is 5.91 Å². The van der Waals surface area contributed by atoms with Crippen LogP contribution in [0.25, 0.3) is 6.08 Å². The minimum absolute atomic E-state index is 0.0560. The van der Waals surface area contributed by atoms with Crippen LogP contribution in [0, 0.1) is 11.3 Å². The molecule has 0 fully saturated rings. The average molecular weight is 577 g/mol. The number of nitriles is 1. The zero-order chi connectivity index (χ0) is 23.1. The standard InChI is InChI=1S/C24H17Br2ClN2O3/c1-31-23-10-15(5-8-22(23)32-14-16-6-7-18(25)11-21(16)26)9-17(13-28)24(30)29-20-4-2-3-19(27)12-20/h2-12H,14H2,1H3,(H,29,30)/b17-9-. The van der Waals surface area contributed by atoms with Crippen molar-refractivity contribution in [2.75, 3.05) is 12.4 Å². The second-order valence-electron chi connectivity index (χ2n) is 6.57. The molecule has 162 valence electrons. The number of hydrogen-bond donors (Lipinski definition) is 1. The maximum absolute atomic E-state index is 12.5. The van der Waals surface area contributed by atoms with Gasteiger partial charge in [-0.2, -0.15) is 5.26 Å². The lowest BCUT2D eigenvalue weighted by atomic mass is 10.1. The van der Waals surface area contributed by atoms with Crippen LogP contribution < -0.4 is 14.8 Å². The number of carbonyl (C=O) groups excluding carboxylic acids is 1. The van der Waals surface area contributed by atoms with Gasteiger partial charge in [0.2, 0.25) is 0 Å². The van der Waals surface area contributed by atoms with E-state index in [-0.39, 0.29) is 5.57 Å². The predicted molar refractivity (Wildman–Crippen MR) is 133 cm³/mol. The number of nitrogens with one attached hydrogen (secondary N) is 1. The fourth-order valence-corrected chi connectivity index (χ4v) is 4.12. The summed E-state index contributed by atoms with van der Waals surface area (Å²) in [6.07, 6.45) is 1.48. The Balaban J connectivity index is 1.76. The fourth-order valence-electron chi connectivity index (χ4n) is 2.77. The molecular formula is C24H17Br2ClN2O3. The number of hydrogen-bond acceptors (Lipinski definition) is 4. The molecule has 1 amide bonds. The first-order chi connectivity index (χ1) is 15.4. The van der Waals surface area contributed by atoms with Crippen LogP contribution in [0.15, 0.2) is 75.2 Å². The van der Waals surface area contributed by atoms with E-state index in [9.17, 15) is 10.1 Å². The number of anilines is 1. The van der Waals surface area contributed by atoms with Crippen LogP contribution in [-0.2, 0) is 11.4 Å². The van der Waals surface area contributed by atoms with Crippen molar-refractivity contribution in [1.29, 1.82) is 5.26 Å². The molecular weight excluding hydrogens is 560 g/mol. The Morgan fingerprint density at radius 2 is 1.94 bits per heavy atom. The van der Waals surface area contributed by atoms with E-state index in [0.29, 0.717) is 34.4 Å². The van der Waals surface area contributed by atoms with Gasteiger partial charge in [0.1, 0.15) is 18.2 Å². The van der Waals surface area contributed by atoms with Crippen LogP contribution in [0.3, 0.4) is 0 Å². The average Bonchev–Trinajstić information content (AvgIpc) is 2.77. The molecule has 0 atom stereocenters.